The van der Waals surface area contributed by atoms with E-state index in [2.05, 4.69) is 9.59 Å². The number of aliphatic hydroxyl groups excluding tert-OH is 1. The summed E-state index contributed by atoms with van der Waals surface area (Å²) in [5.74, 6) is -0.0324. The number of carbonyl (C=O) groups excluding carboxylic acids is 1. The highest BCUT2D eigenvalue weighted by Gasteiger charge is 2.28. The zero-order valence-electron chi connectivity index (χ0n) is 9.22. The molecule has 88 valence electrons. The van der Waals surface area contributed by atoms with Crippen LogP contribution >= 0.6 is 11.5 Å². The van der Waals surface area contributed by atoms with Gasteiger partial charge >= 0.3 is 0 Å². The number of likely N-dealkylation sites (tertiary alicyclic amines) is 1. The third kappa shape index (κ3) is 2.22. The Morgan fingerprint density at radius 3 is 3.12 bits per heavy atom. The van der Waals surface area contributed by atoms with E-state index in [0.717, 1.165) is 30.1 Å². The van der Waals surface area contributed by atoms with Crippen LogP contribution in [-0.4, -0.2) is 44.7 Å². The lowest BCUT2D eigenvalue weighted by Crippen LogP contribution is -2.29. The quantitative estimate of drug-likeness (QED) is 0.846. The predicted octanol–water partition coefficient (Wildman–Crippen LogP) is 0.697. The van der Waals surface area contributed by atoms with E-state index in [1.807, 2.05) is 6.92 Å². The first-order chi connectivity index (χ1) is 7.72. The second-order valence-electron chi connectivity index (χ2n) is 3.99. The van der Waals surface area contributed by atoms with Gasteiger partial charge in [0.15, 0.2) is 0 Å². The lowest BCUT2D eigenvalue weighted by atomic mass is 10.2. The van der Waals surface area contributed by atoms with Crippen molar-refractivity contribution in [2.45, 2.75) is 32.3 Å². The first kappa shape index (κ1) is 11.5. The monoisotopic (exact) mass is 241 g/mol. The number of rotatable bonds is 3. The van der Waals surface area contributed by atoms with E-state index in [-0.39, 0.29) is 12.0 Å². The van der Waals surface area contributed by atoms with Crippen LogP contribution in [0.3, 0.4) is 0 Å². The number of hydrogen-bond acceptors (Lipinski definition) is 5. The fraction of sp³-hybridized carbons (Fsp3) is 0.700. The molecule has 0 aromatic carbocycles. The molecule has 5 nitrogen and oxygen atoms in total. The molecule has 0 spiro atoms. The molecule has 0 bridgehead atoms. The third-order valence-corrected chi connectivity index (χ3v) is 3.44. The first-order valence-electron chi connectivity index (χ1n) is 5.51. The molecule has 1 fully saturated rings. The Hall–Kier alpha value is -1.01. The van der Waals surface area contributed by atoms with Gasteiger partial charge in [0.1, 0.15) is 4.88 Å². The lowest BCUT2D eigenvalue weighted by Gasteiger charge is -2.14. The van der Waals surface area contributed by atoms with Gasteiger partial charge in [-0.25, -0.2) is 0 Å². The highest BCUT2D eigenvalue weighted by Crippen LogP contribution is 2.18. The summed E-state index contributed by atoms with van der Waals surface area (Å²) < 4.78 is 3.83. The van der Waals surface area contributed by atoms with E-state index in [1.165, 1.54) is 0 Å². The maximum absolute atomic E-state index is 12.1. The number of aromatic nitrogens is 2. The van der Waals surface area contributed by atoms with Crippen molar-refractivity contribution in [3.63, 3.8) is 0 Å². The van der Waals surface area contributed by atoms with Crippen molar-refractivity contribution < 1.29 is 9.90 Å². The van der Waals surface area contributed by atoms with Crippen molar-refractivity contribution in [3.8, 4) is 0 Å². The van der Waals surface area contributed by atoms with E-state index < -0.39 is 0 Å². The molecule has 1 aliphatic heterocycles. The van der Waals surface area contributed by atoms with Gasteiger partial charge in [-0.2, -0.15) is 0 Å². The molecular weight excluding hydrogens is 226 g/mol. The summed E-state index contributed by atoms with van der Waals surface area (Å²) >= 11 is 1.15. The number of β-amino-alcohol motifs (C(OH)–C–C–N with tert-alkyl or cyclic N) is 1. The van der Waals surface area contributed by atoms with Crippen LogP contribution in [0.4, 0.5) is 0 Å². The smallest absolute Gasteiger partial charge is 0.267 e. The molecule has 1 saturated heterocycles. The summed E-state index contributed by atoms with van der Waals surface area (Å²) in [5, 5.41) is 13.4. The van der Waals surface area contributed by atoms with Crippen LogP contribution in [-0.2, 0) is 6.42 Å². The van der Waals surface area contributed by atoms with E-state index >= 15 is 0 Å². The maximum atomic E-state index is 12.1. The van der Waals surface area contributed by atoms with Crippen LogP contribution in [0.15, 0.2) is 0 Å². The summed E-state index contributed by atoms with van der Waals surface area (Å²) in [4.78, 5) is 14.4. The molecule has 2 rings (SSSR count). The molecule has 0 radical (unpaired) electrons. The standard InChI is InChI=1S/C10H15N3O2S/c1-2-3-8-9(16-12-11-8)10(15)13-5-4-7(14)6-13/h7,14H,2-6H2,1H3. The predicted molar refractivity (Wildman–Crippen MR) is 60.4 cm³/mol. The minimum Gasteiger partial charge on any atom is -0.391 e. The first-order valence-corrected chi connectivity index (χ1v) is 6.28. The molecule has 16 heavy (non-hydrogen) atoms. The summed E-state index contributed by atoms with van der Waals surface area (Å²) in [6.45, 7) is 3.11. The highest BCUT2D eigenvalue weighted by molar-refractivity contribution is 7.08. The molecule has 0 aliphatic carbocycles. The molecule has 1 aromatic rings. The van der Waals surface area contributed by atoms with Gasteiger partial charge in [-0.3, -0.25) is 4.79 Å². The molecule has 1 aliphatic rings. The van der Waals surface area contributed by atoms with E-state index in [9.17, 15) is 9.90 Å². The van der Waals surface area contributed by atoms with Crippen molar-refractivity contribution in [1.29, 1.82) is 0 Å². The van der Waals surface area contributed by atoms with Crippen LogP contribution in [0.1, 0.15) is 35.1 Å². The molecule has 1 N–H and O–H groups in total. The summed E-state index contributed by atoms with van der Waals surface area (Å²) in [5.41, 5.74) is 0.791. The summed E-state index contributed by atoms with van der Waals surface area (Å²) in [6, 6.07) is 0. The van der Waals surface area contributed by atoms with Gasteiger partial charge in [-0.1, -0.05) is 17.8 Å². The van der Waals surface area contributed by atoms with Crippen molar-refractivity contribution >= 4 is 17.4 Å². The lowest BCUT2D eigenvalue weighted by molar-refractivity contribution is 0.0768. The van der Waals surface area contributed by atoms with Gasteiger partial charge in [-0.05, 0) is 24.4 Å². The van der Waals surface area contributed by atoms with Crippen molar-refractivity contribution in [1.82, 2.24) is 14.5 Å². The molecule has 1 amide bonds. The second kappa shape index (κ2) is 4.88. The van der Waals surface area contributed by atoms with Gasteiger partial charge in [0.05, 0.1) is 11.8 Å². The number of aryl methyl sites for hydroxylation is 1. The Labute approximate surface area is 98.2 Å². The van der Waals surface area contributed by atoms with Crippen molar-refractivity contribution in [2.24, 2.45) is 0 Å². The zero-order chi connectivity index (χ0) is 11.5. The number of carbonyl (C=O) groups is 1. The number of hydrogen-bond donors (Lipinski definition) is 1. The van der Waals surface area contributed by atoms with Crippen molar-refractivity contribution in [2.75, 3.05) is 13.1 Å². The van der Waals surface area contributed by atoms with E-state index in [4.69, 9.17) is 0 Å². The van der Waals surface area contributed by atoms with Gasteiger partial charge in [0.2, 0.25) is 0 Å². The van der Waals surface area contributed by atoms with Gasteiger partial charge in [-0.15, -0.1) is 5.10 Å². The fourth-order valence-corrected chi connectivity index (χ4v) is 2.52. The topological polar surface area (TPSA) is 66.3 Å². The molecule has 1 unspecified atom stereocenters. The van der Waals surface area contributed by atoms with Crippen LogP contribution in [0.25, 0.3) is 0 Å². The number of nitrogens with zero attached hydrogens (tertiary/aromatic N) is 3. The molecule has 2 heterocycles. The SMILES string of the molecule is CCCc1nnsc1C(=O)N1CCC(O)C1. The summed E-state index contributed by atoms with van der Waals surface area (Å²) in [6.07, 6.45) is 2.03. The maximum Gasteiger partial charge on any atom is 0.267 e. The Morgan fingerprint density at radius 2 is 2.50 bits per heavy atom. The molecule has 1 atom stereocenters. The molecule has 1 aromatic heterocycles. The Balaban J connectivity index is 2.11. The highest BCUT2D eigenvalue weighted by atomic mass is 32.1. The largest absolute Gasteiger partial charge is 0.391 e. The molecular formula is C10H15N3O2S. The summed E-state index contributed by atoms with van der Waals surface area (Å²) in [7, 11) is 0. The average Bonchev–Trinajstić information content (AvgIpc) is 2.87. The third-order valence-electron chi connectivity index (χ3n) is 2.69. The average molecular weight is 241 g/mol. The van der Waals surface area contributed by atoms with Crippen molar-refractivity contribution in [3.05, 3.63) is 10.6 Å². The van der Waals surface area contributed by atoms with Crippen LogP contribution in [0.2, 0.25) is 0 Å². The van der Waals surface area contributed by atoms with Gasteiger partial charge < -0.3 is 10.0 Å². The van der Waals surface area contributed by atoms with Crippen LogP contribution < -0.4 is 0 Å². The number of aliphatic hydroxyl groups is 1. The normalized spacial score (nSPS) is 20.4. The second-order valence-corrected chi connectivity index (χ2v) is 4.75. The van der Waals surface area contributed by atoms with Crippen LogP contribution in [0, 0.1) is 0 Å². The van der Waals surface area contributed by atoms with E-state index in [1.54, 1.807) is 4.90 Å². The Bertz CT molecular complexity index is 380. The Kier molecular flexibility index (Phi) is 3.50. The fourth-order valence-electron chi connectivity index (χ4n) is 1.84. The van der Waals surface area contributed by atoms with Gasteiger partial charge in [0.25, 0.3) is 5.91 Å². The van der Waals surface area contributed by atoms with Gasteiger partial charge in [0, 0.05) is 13.1 Å². The number of amides is 1. The molecule has 6 heteroatoms. The Morgan fingerprint density at radius 1 is 1.69 bits per heavy atom. The minimum absolute atomic E-state index is 0.0324. The van der Waals surface area contributed by atoms with Crippen LogP contribution in [0.5, 0.6) is 0 Å². The zero-order valence-corrected chi connectivity index (χ0v) is 10.0. The minimum atomic E-state index is -0.376. The molecule has 0 saturated carbocycles. The van der Waals surface area contributed by atoms with E-state index in [0.29, 0.717) is 24.4 Å².